The lowest BCUT2D eigenvalue weighted by atomic mass is 10.2. The average Bonchev–Trinajstić information content (AvgIpc) is 3.01. The fraction of sp³-hybridized carbons (Fsp3) is 0.250. The molecule has 0 saturated carbocycles. The summed E-state index contributed by atoms with van der Waals surface area (Å²) in [5, 5.41) is 0. The second-order valence-electron chi connectivity index (χ2n) is 6.08. The van der Waals surface area contributed by atoms with Crippen LogP contribution in [0.5, 0.6) is 0 Å². The van der Waals surface area contributed by atoms with E-state index < -0.39 is 0 Å². The van der Waals surface area contributed by atoms with Gasteiger partial charge in [-0.05, 0) is 48.9 Å². The molecule has 0 aliphatic heterocycles. The van der Waals surface area contributed by atoms with Crippen LogP contribution >= 0.6 is 23.1 Å². The van der Waals surface area contributed by atoms with E-state index in [4.69, 9.17) is 4.74 Å². The van der Waals surface area contributed by atoms with Crippen molar-refractivity contribution < 1.29 is 18.7 Å². The van der Waals surface area contributed by atoms with Crippen molar-refractivity contribution in [1.82, 2.24) is 4.57 Å². The molecular formula is C20H19FN2O3S2. The lowest BCUT2D eigenvalue weighted by Crippen LogP contribution is -2.19. The van der Waals surface area contributed by atoms with Crippen LogP contribution < -0.4 is 4.80 Å². The maximum Gasteiger partial charge on any atom is 0.307 e. The van der Waals surface area contributed by atoms with Crippen LogP contribution in [0.3, 0.4) is 0 Å². The molecule has 1 aromatic heterocycles. The summed E-state index contributed by atoms with van der Waals surface area (Å²) in [6.07, 6.45) is 0.196. The summed E-state index contributed by atoms with van der Waals surface area (Å²) in [6.45, 7) is 2.38. The maximum absolute atomic E-state index is 13.0. The molecule has 0 spiro atoms. The quantitative estimate of drug-likeness (QED) is 0.450. The predicted molar refractivity (Wildman–Crippen MR) is 109 cm³/mol. The van der Waals surface area contributed by atoms with Crippen molar-refractivity contribution in [3.05, 3.63) is 58.6 Å². The first-order valence-electron chi connectivity index (χ1n) is 8.59. The number of aromatic nitrogens is 1. The maximum atomic E-state index is 13.0. The fourth-order valence-electron chi connectivity index (χ4n) is 2.60. The minimum absolute atomic E-state index is 0.149. The number of hydrogen-bond acceptors (Lipinski definition) is 5. The van der Waals surface area contributed by atoms with Gasteiger partial charge in [0.1, 0.15) is 5.82 Å². The molecule has 146 valence electrons. The second kappa shape index (κ2) is 9.16. The summed E-state index contributed by atoms with van der Waals surface area (Å²) in [6, 6.07) is 12.0. The second-order valence-corrected chi connectivity index (χ2v) is 8.14. The molecule has 0 atom stereocenters. The topological polar surface area (TPSA) is 60.7 Å². The van der Waals surface area contributed by atoms with Crippen molar-refractivity contribution in [2.24, 2.45) is 4.99 Å². The van der Waals surface area contributed by atoms with Crippen LogP contribution in [0.25, 0.3) is 10.2 Å². The number of thiazole rings is 1. The van der Waals surface area contributed by atoms with Gasteiger partial charge in [0.2, 0.25) is 0 Å². The molecule has 3 rings (SSSR count). The van der Waals surface area contributed by atoms with Crippen molar-refractivity contribution in [3.63, 3.8) is 0 Å². The van der Waals surface area contributed by atoms with E-state index in [-0.39, 0.29) is 29.9 Å². The highest BCUT2D eigenvalue weighted by Crippen LogP contribution is 2.20. The van der Waals surface area contributed by atoms with Crippen LogP contribution in [-0.2, 0) is 20.9 Å². The van der Waals surface area contributed by atoms with E-state index >= 15 is 0 Å². The van der Waals surface area contributed by atoms with E-state index in [0.29, 0.717) is 11.3 Å². The Labute approximate surface area is 169 Å². The van der Waals surface area contributed by atoms with Crippen molar-refractivity contribution in [2.75, 3.05) is 12.9 Å². The van der Waals surface area contributed by atoms with Gasteiger partial charge in [-0.3, -0.25) is 9.59 Å². The molecule has 0 N–H and O–H groups in total. The van der Waals surface area contributed by atoms with Crippen LogP contribution in [-0.4, -0.2) is 29.3 Å². The lowest BCUT2D eigenvalue weighted by molar-refractivity contribution is -0.140. The molecule has 0 fully saturated rings. The monoisotopic (exact) mass is 418 g/mol. The van der Waals surface area contributed by atoms with Gasteiger partial charge in [-0.15, -0.1) is 11.8 Å². The molecule has 0 unspecified atom stereocenters. The number of aryl methyl sites for hydroxylation is 2. The van der Waals surface area contributed by atoms with E-state index in [1.165, 1.54) is 42.3 Å². The van der Waals surface area contributed by atoms with Crippen molar-refractivity contribution >= 4 is 45.2 Å². The van der Waals surface area contributed by atoms with Crippen LogP contribution in [0.4, 0.5) is 4.39 Å². The molecule has 28 heavy (non-hydrogen) atoms. The summed E-state index contributed by atoms with van der Waals surface area (Å²) in [4.78, 5) is 29.5. The minimum Gasteiger partial charge on any atom is -0.469 e. The zero-order valence-electron chi connectivity index (χ0n) is 15.5. The summed E-state index contributed by atoms with van der Waals surface area (Å²) in [5.74, 6) is -0.768. The fourth-order valence-corrected chi connectivity index (χ4v) is 4.46. The number of halogens is 1. The lowest BCUT2D eigenvalue weighted by Gasteiger charge is -2.04. The van der Waals surface area contributed by atoms with Gasteiger partial charge in [0.05, 0.1) is 29.5 Å². The van der Waals surface area contributed by atoms with Crippen LogP contribution in [0.1, 0.15) is 12.0 Å². The number of carbonyl (C=O) groups excluding carboxylic acids is 2. The van der Waals surface area contributed by atoms with Crippen LogP contribution in [0.2, 0.25) is 0 Å². The summed E-state index contributed by atoms with van der Waals surface area (Å²) in [5.41, 5.74) is 2.04. The largest absolute Gasteiger partial charge is 0.469 e. The molecule has 8 heteroatoms. The van der Waals surface area contributed by atoms with Gasteiger partial charge >= 0.3 is 5.97 Å². The Hall–Kier alpha value is -2.45. The minimum atomic E-state index is -0.317. The number of rotatable bonds is 6. The molecule has 0 aliphatic carbocycles. The Morgan fingerprint density at radius 2 is 1.96 bits per heavy atom. The van der Waals surface area contributed by atoms with Gasteiger partial charge in [0.25, 0.3) is 5.91 Å². The van der Waals surface area contributed by atoms with Crippen molar-refractivity contribution in [1.29, 1.82) is 0 Å². The number of hydrogen-bond donors (Lipinski definition) is 0. The number of fused-ring (bicyclic) bond motifs is 1. The van der Waals surface area contributed by atoms with Gasteiger partial charge in [-0.2, -0.15) is 4.99 Å². The van der Waals surface area contributed by atoms with E-state index in [9.17, 15) is 14.0 Å². The molecule has 5 nitrogen and oxygen atoms in total. The van der Waals surface area contributed by atoms with Gasteiger partial charge in [-0.1, -0.05) is 17.4 Å². The number of ether oxygens (including phenoxy) is 1. The number of nitrogens with zero attached hydrogens (tertiary/aromatic N) is 2. The third-order valence-electron chi connectivity index (χ3n) is 4.00. The van der Waals surface area contributed by atoms with E-state index in [1.54, 1.807) is 12.1 Å². The average molecular weight is 419 g/mol. The molecule has 1 amide bonds. The van der Waals surface area contributed by atoms with Gasteiger partial charge in [0, 0.05) is 11.4 Å². The standard InChI is InChI=1S/C20H19FN2O3S2/c1-13-3-8-16-17(11-13)28-20(23(16)10-9-19(25)26-2)22-18(24)12-27-15-6-4-14(21)5-7-15/h3-8,11H,9-10,12H2,1-2H3. The zero-order chi connectivity index (χ0) is 20.1. The van der Waals surface area contributed by atoms with E-state index in [0.717, 1.165) is 20.7 Å². The number of carbonyl (C=O) groups is 2. The SMILES string of the molecule is COC(=O)CCn1c(=NC(=O)CSc2ccc(F)cc2)sc2cc(C)ccc21. The summed E-state index contributed by atoms with van der Waals surface area (Å²) in [7, 11) is 1.35. The highest BCUT2D eigenvalue weighted by Gasteiger charge is 2.11. The molecule has 0 aliphatic rings. The number of thioether (sulfide) groups is 1. The first kappa shape index (κ1) is 20.3. The first-order valence-corrected chi connectivity index (χ1v) is 10.4. The number of esters is 1. The third kappa shape index (κ3) is 5.08. The van der Waals surface area contributed by atoms with Gasteiger partial charge in [0.15, 0.2) is 4.80 Å². The molecular weight excluding hydrogens is 399 g/mol. The van der Waals surface area contributed by atoms with E-state index in [1.807, 2.05) is 29.7 Å². The first-order chi connectivity index (χ1) is 13.5. The normalized spacial score (nSPS) is 11.8. The summed E-state index contributed by atoms with van der Waals surface area (Å²) < 4.78 is 20.6. The Balaban J connectivity index is 1.85. The Bertz CT molecular complexity index is 1070. The van der Waals surface area contributed by atoms with Gasteiger partial charge in [-0.25, -0.2) is 4.39 Å². The van der Waals surface area contributed by atoms with Crippen LogP contribution in [0, 0.1) is 12.7 Å². The predicted octanol–water partition coefficient (Wildman–Crippen LogP) is 3.93. The smallest absolute Gasteiger partial charge is 0.307 e. The number of methoxy groups -OCH3 is 1. The molecule has 0 radical (unpaired) electrons. The molecule has 1 heterocycles. The van der Waals surface area contributed by atoms with Crippen molar-refractivity contribution in [2.45, 2.75) is 24.8 Å². The van der Waals surface area contributed by atoms with Crippen LogP contribution in [0.15, 0.2) is 52.4 Å². The number of benzene rings is 2. The summed E-state index contributed by atoms with van der Waals surface area (Å²) >= 11 is 2.72. The Morgan fingerprint density at radius 1 is 1.21 bits per heavy atom. The molecule has 0 bridgehead atoms. The Kier molecular flexibility index (Phi) is 6.64. The third-order valence-corrected chi connectivity index (χ3v) is 6.04. The van der Waals surface area contributed by atoms with Crippen molar-refractivity contribution in [3.8, 4) is 0 Å². The molecule has 2 aromatic carbocycles. The number of amides is 1. The van der Waals surface area contributed by atoms with Gasteiger partial charge < -0.3 is 9.30 Å². The van der Waals surface area contributed by atoms with E-state index in [2.05, 4.69) is 4.99 Å². The Morgan fingerprint density at radius 3 is 2.68 bits per heavy atom. The highest BCUT2D eigenvalue weighted by atomic mass is 32.2. The molecule has 0 saturated heterocycles. The zero-order valence-corrected chi connectivity index (χ0v) is 17.1. The highest BCUT2D eigenvalue weighted by molar-refractivity contribution is 8.00. The molecule has 3 aromatic rings.